The molecule has 1 rings (SSSR count). The van der Waals surface area contributed by atoms with Gasteiger partial charge in [-0.25, -0.2) is 4.79 Å². The normalized spacial score (nSPS) is 9.64. The van der Waals surface area contributed by atoms with Gasteiger partial charge in [0.1, 0.15) is 0 Å². The summed E-state index contributed by atoms with van der Waals surface area (Å²) in [4.78, 5) is 14.8. The van der Waals surface area contributed by atoms with E-state index >= 15 is 0 Å². The van der Waals surface area contributed by atoms with E-state index in [0.717, 1.165) is 5.56 Å². The summed E-state index contributed by atoms with van der Waals surface area (Å²) in [5.74, 6) is 0. The van der Waals surface area contributed by atoms with E-state index in [1.54, 1.807) is 30.9 Å². The van der Waals surface area contributed by atoms with Crippen LogP contribution in [0.5, 0.6) is 0 Å². The SMILES string of the molecule is CN(C)C(=O)N(C)Cc1ccccc1. The largest absolute Gasteiger partial charge is 0.331 e. The second-order valence-electron chi connectivity index (χ2n) is 3.52. The second kappa shape index (κ2) is 4.65. The van der Waals surface area contributed by atoms with Crippen LogP contribution in [0.1, 0.15) is 5.56 Å². The first-order chi connectivity index (χ1) is 6.61. The number of benzene rings is 1. The van der Waals surface area contributed by atoms with Gasteiger partial charge >= 0.3 is 6.03 Å². The molecule has 0 unspecified atom stereocenters. The molecule has 0 aliphatic carbocycles. The van der Waals surface area contributed by atoms with Crippen LogP contribution in [-0.2, 0) is 6.54 Å². The van der Waals surface area contributed by atoms with E-state index in [4.69, 9.17) is 0 Å². The summed E-state index contributed by atoms with van der Waals surface area (Å²) in [5.41, 5.74) is 1.14. The summed E-state index contributed by atoms with van der Waals surface area (Å²) in [6, 6.07) is 9.97. The highest BCUT2D eigenvalue weighted by molar-refractivity contribution is 5.73. The minimum Gasteiger partial charge on any atom is -0.331 e. The maximum absolute atomic E-state index is 11.5. The average molecular weight is 192 g/mol. The first kappa shape index (κ1) is 10.6. The van der Waals surface area contributed by atoms with Gasteiger partial charge in [-0.1, -0.05) is 30.3 Å². The van der Waals surface area contributed by atoms with Crippen LogP contribution < -0.4 is 0 Å². The lowest BCUT2D eigenvalue weighted by molar-refractivity contribution is 0.180. The van der Waals surface area contributed by atoms with E-state index in [9.17, 15) is 4.79 Å². The third-order valence-electron chi connectivity index (χ3n) is 1.97. The van der Waals surface area contributed by atoms with Crippen molar-refractivity contribution in [3.8, 4) is 0 Å². The van der Waals surface area contributed by atoms with Crippen LogP contribution in [0.15, 0.2) is 30.3 Å². The van der Waals surface area contributed by atoms with Gasteiger partial charge in [0.05, 0.1) is 0 Å². The molecule has 0 heterocycles. The lowest BCUT2D eigenvalue weighted by Gasteiger charge is -2.21. The predicted octanol–water partition coefficient (Wildman–Crippen LogP) is 1.80. The number of hydrogen-bond acceptors (Lipinski definition) is 1. The molecule has 1 aromatic carbocycles. The average Bonchev–Trinajstić information content (AvgIpc) is 2.18. The Labute approximate surface area is 84.9 Å². The zero-order chi connectivity index (χ0) is 10.6. The fourth-order valence-electron chi connectivity index (χ4n) is 1.27. The highest BCUT2D eigenvalue weighted by atomic mass is 16.2. The molecule has 2 amide bonds. The molecule has 0 radical (unpaired) electrons. The van der Waals surface area contributed by atoms with Gasteiger partial charge in [-0.15, -0.1) is 0 Å². The van der Waals surface area contributed by atoms with Gasteiger partial charge in [-0.3, -0.25) is 0 Å². The molecule has 0 N–H and O–H groups in total. The van der Waals surface area contributed by atoms with E-state index < -0.39 is 0 Å². The molecule has 0 saturated heterocycles. The predicted molar refractivity (Wildman–Crippen MR) is 57.0 cm³/mol. The monoisotopic (exact) mass is 192 g/mol. The van der Waals surface area contributed by atoms with Crippen molar-refractivity contribution in [3.05, 3.63) is 35.9 Å². The zero-order valence-electron chi connectivity index (χ0n) is 8.90. The van der Waals surface area contributed by atoms with Gasteiger partial charge in [-0.2, -0.15) is 0 Å². The van der Waals surface area contributed by atoms with Crippen molar-refractivity contribution in [3.63, 3.8) is 0 Å². The van der Waals surface area contributed by atoms with Crippen molar-refractivity contribution >= 4 is 6.03 Å². The van der Waals surface area contributed by atoms with Crippen molar-refractivity contribution in [1.82, 2.24) is 9.80 Å². The molecule has 76 valence electrons. The molecule has 0 saturated carbocycles. The Bertz CT molecular complexity index is 295. The second-order valence-corrected chi connectivity index (χ2v) is 3.52. The molecule has 0 atom stereocenters. The van der Waals surface area contributed by atoms with E-state index in [0.29, 0.717) is 6.54 Å². The Morgan fingerprint density at radius 2 is 1.71 bits per heavy atom. The van der Waals surface area contributed by atoms with Crippen molar-refractivity contribution in [2.75, 3.05) is 21.1 Å². The summed E-state index contributed by atoms with van der Waals surface area (Å²) >= 11 is 0. The number of nitrogens with zero attached hydrogens (tertiary/aromatic N) is 2. The van der Waals surface area contributed by atoms with E-state index in [-0.39, 0.29) is 6.03 Å². The summed E-state index contributed by atoms with van der Waals surface area (Å²) in [5, 5.41) is 0. The van der Waals surface area contributed by atoms with Gasteiger partial charge in [0, 0.05) is 27.7 Å². The van der Waals surface area contributed by atoms with E-state index in [1.165, 1.54) is 0 Å². The first-order valence-corrected chi connectivity index (χ1v) is 4.57. The molecular weight excluding hydrogens is 176 g/mol. The van der Waals surface area contributed by atoms with E-state index in [1.807, 2.05) is 30.3 Å². The molecule has 14 heavy (non-hydrogen) atoms. The summed E-state index contributed by atoms with van der Waals surface area (Å²) in [7, 11) is 5.31. The zero-order valence-corrected chi connectivity index (χ0v) is 8.90. The standard InChI is InChI=1S/C11H16N2O/c1-12(2)11(14)13(3)9-10-7-5-4-6-8-10/h4-8H,9H2,1-3H3. The third kappa shape index (κ3) is 2.76. The third-order valence-corrected chi connectivity index (χ3v) is 1.97. The Morgan fingerprint density at radius 1 is 1.14 bits per heavy atom. The quantitative estimate of drug-likeness (QED) is 0.701. The molecule has 0 aromatic heterocycles. The smallest absolute Gasteiger partial charge is 0.319 e. The first-order valence-electron chi connectivity index (χ1n) is 4.57. The molecular formula is C11H16N2O. The van der Waals surface area contributed by atoms with Crippen LogP contribution in [-0.4, -0.2) is 37.0 Å². The Kier molecular flexibility index (Phi) is 3.51. The van der Waals surface area contributed by atoms with Crippen LogP contribution in [0.3, 0.4) is 0 Å². The summed E-state index contributed by atoms with van der Waals surface area (Å²) < 4.78 is 0. The van der Waals surface area contributed by atoms with E-state index in [2.05, 4.69) is 0 Å². The van der Waals surface area contributed by atoms with Crippen molar-refractivity contribution in [2.24, 2.45) is 0 Å². The van der Waals surface area contributed by atoms with Gasteiger partial charge in [-0.05, 0) is 5.56 Å². The topological polar surface area (TPSA) is 23.6 Å². The Morgan fingerprint density at radius 3 is 2.21 bits per heavy atom. The molecule has 0 spiro atoms. The number of amides is 2. The molecule has 3 nitrogen and oxygen atoms in total. The minimum absolute atomic E-state index is 0.0221. The number of urea groups is 1. The van der Waals surface area contributed by atoms with Gasteiger partial charge in [0.15, 0.2) is 0 Å². The van der Waals surface area contributed by atoms with Crippen LogP contribution >= 0.6 is 0 Å². The van der Waals surface area contributed by atoms with Crippen LogP contribution in [0.4, 0.5) is 4.79 Å². The van der Waals surface area contributed by atoms with Crippen LogP contribution in [0.2, 0.25) is 0 Å². The number of carbonyl (C=O) groups is 1. The number of rotatable bonds is 2. The number of carbonyl (C=O) groups excluding carboxylic acids is 1. The minimum atomic E-state index is 0.0221. The lowest BCUT2D eigenvalue weighted by Crippen LogP contribution is -2.35. The van der Waals surface area contributed by atoms with Gasteiger partial charge in [0.25, 0.3) is 0 Å². The Hall–Kier alpha value is -1.51. The highest BCUT2D eigenvalue weighted by Crippen LogP contribution is 2.03. The molecule has 0 aliphatic rings. The fraction of sp³-hybridized carbons (Fsp3) is 0.364. The molecule has 3 heteroatoms. The maximum Gasteiger partial charge on any atom is 0.319 e. The summed E-state index contributed by atoms with van der Waals surface area (Å²) in [6.07, 6.45) is 0. The molecule has 0 fully saturated rings. The lowest BCUT2D eigenvalue weighted by atomic mass is 10.2. The maximum atomic E-state index is 11.5. The van der Waals surface area contributed by atoms with Gasteiger partial charge < -0.3 is 9.80 Å². The van der Waals surface area contributed by atoms with Crippen LogP contribution in [0.25, 0.3) is 0 Å². The molecule has 0 bridgehead atoms. The molecule has 1 aromatic rings. The Balaban J connectivity index is 2.57. The van der Waals surface area contributed by atoms with Crippen molar-refractivity contribution in [2.45, 2.75) is 6.54 Å². The number of hydrogen-bond donors (Lipinski definition) is 0. The van der Waals surface area contributed by atoms with Crippen molar-refractivity contribution in [1.29, 1.82) is 0 Å². The summed E-state index contributed by atoms with van der Waals surface area (Å²) in [6.45, 7) is 0.651. The highest BCUT2D eigenvalue weighted by Gasteiger charge is 2.09. The van der Waals surface area contributed by atoms with Gasteiger partial charge in [0.2, 0.25) is 0 Å². The van der Waals surface area contributed by atoms with Crippen LogP contribution in [0, 0.1) is 0 Å². The molecule has 0 aliphatic heterocycles. The fourth-order valence-corrected chi connectivity index (χ4v) is 1.27. The van der Waals surface area contributed by atoms with Crippen molar-refractivity contribution < 1.29 is 4.79 Å².